The van der Waals surface area contributed by atoms with Gasteiger partial charge in [-0.15, -0.1) is 0 Å². The Morgan fingerprint density at radius 2 is 1.58 bits per heavy atom. The van der Waals surface area contributed by atoms with Crippen LogP contribution >= 0.6 is 15.9 Å². The second kappa shape index (κ2) is 11.0. The number of hydrogen-bond acceptors (Lipinski definition) is 4. The van der Waals surface area contributed by atoms with Crippen LogP contribution < -0.4 is 10.6 Å². The van der Waals surface area contributed by atoms with Gasteiger partial charge in [-0.2, -0.15) is 0 Å². The SMILES string of the molecule is O=C(CN1CCN(C(=O)CCNC(=O)c2ccc(Br)cc2)CC1)Nc1ccc(F)cc1. The summed E-state index contributed by atoms with van der Waals surface area (Å²) in [6.45, 7) is 2.73. The van der Waals surface area contributed by atoms with Gasteiger partial charge in [-0.1, -0.05) is 15.9 Å². The number of piperazine rings is 1. The summed E-state index contributed by atoms with van der Waals surface area (Å²) in [5.41, 5.74) is 1.09. The molecule has 1 saturated heterocycles. The molecule has 2 N–H and O–H groups in total. The van der Waals surface area contributed by atoms with Crippen molar-refractivity contribution in [2.75, 3.05) is 44.6 Å². The van der Waals surface area contributed by atoms with E-state index in [2.05, 4.69) is 26.6 Å². The van der Waals surface area contributed by atoms with E-state index in [-0.39, 0.29) is 43.0 Å². The number of nitrogens with zero attached hydrogens (tertiary/aromatic N) is 2. The molecule has 0 unspecified atom stereocenters. The Labute approximate surface area is 188 Å². The zero-order chi connectivity index (χ0) is 22.2. The second-order valence-corrected chi connectivity index (χ2v) is 8.14. The molecule has 0 radical (unpaired) electrons. The van der Waals surface area contributed by atoms with Crippen molar-refractivity contribution in [2.45, 2.75) is 6.42 Å². The standard InChI is InChI=1S/C22H24BrFN4O3/c23-17-3-1-16(2-4-17)22(31)25-10-9-21(30)28-13-11-27(12-14-28)15-20(29)26-19-7-5-18(24)6-8-19/h1-8H,9-15H2,(H,25,31)(H,26,29). The summed E-state index contributed by atoms with van der Waals surface area (Å²) in [7, 11) is 0. The third-order valence-electron chi connectivity index (χ3n) is 4.95. The smallest absolute Gasteiger partial charge is 0.251 e. The van der Waals surface area contributed by atoms with Crippen LogP contribution in [0.2, 0.25) is 0 Å². The number of halogens is 2. The van der Waals surface area contributed by atoms with Crippen LogP contribution in [-0.4, -0.2) is 66.8 Å². The number of anilines is 1. The van der Waals surface area contributed by atoms with Crippen LogP contribution in [0.15, 0.2) is 53.0 Å². The highest BCUT2D eigenvalue weighted by Gasteiger charge is 2.22. The Morgan fingerprint density at radius 3 is 2.23 bits per heavy atom. The molecule has 2 aromatic rings. The first kappa shape index (κ1) is 22.9. The van der Waals surface area contributed by atoms with E-state index in [0.29, 0.717) is 37.4 Å². The maximum absolute atomic E-state index is 12.9. The Kier molecular flexibility index (Phi) is 8.13. The summed E-state index contributed by atoms with van der Waals surface area (Å²) in [5, 5.41) is 5.50. The van der Waals surface area contributed by atoms with Crippen LogP contribution in [0.4, 0.5) is 10.1 Å². The summed E-state index contributed by atoms with van der Waals surface area (Å²) < 4.78 is 13.8. The van der Waals surface area contributed by atoms with E-state index in [1.807, 2.05) is 4.90 Å². The van der Waals surface area contributed by atoms with Gasteiger partial charge in [0.25, 0.3) is 5.91 Å². The van der Waals surface area contributed by atoms with Gasteiger partial charge in [0.15, 0.2) is 0 Å². The number of carbonyl (C=O) groups excluding carboxylic acids is 3. The van der Waals surface area contributed by atoms with Gasteiger partial charge in [-0.3, -0.25) is 19.3 Å². The topological polar surface area (TPSA) is 81.8 Å². The predicted molar refractivity (Wildman–Crippen MR) is 119 cm³/mol. The third kappa shape index (κ3) is 7.15. The highest BCUT2D eigenvalue weighted by Crippen LogP contribution is 2.11. The van der Waals surface area contributed by atoms with E-state index >= 15 is 0 Å². The molecule has 0 aromatic heterocycles. The molecule has 3 rings (SSSR count). The van der Waals surface area contributed by atoms with Gasteiger partial charge in [-0.25, -0.2) is 4.39 Å². The minimum Gasteiger partial charge on any atom is -0.352 e. The summed E-state index contributed by atoms with van der Waals surface area (Å²) in [6, 6.07) is 12.6. The lowest BCUT2D eigenvalue weighted by Gasteiger charge is -2.34. The number of nitrogens with one attached hydrogen (secondary N) is 2. The van der Waals surface area contributed by atoms with Crippen molar-refractivity contribution in [3.05, 3.63) is 64.4 Å². The Balaban J connectivity index is 1.34. The molecule has 1 aliphatic heterocycles. The fourth-order valence-corrected chi connectivity index (χ4v) is 3.50. The zero-order valence-electron chi connectivity index (χ0n) is 16.9. The van der Waals surface area contributed by atoms with Gasteiger partial charge in [0.2, 0.25) is 11.8 Å². The van der Waals surface area contributed by atoms with Crippen molar-refractivity contribution in [1.82, 2.24) is 15.1 Å². The van der Waals surface area contributed by atoms with Crippen LogP contribution in [0.25, 0.3) is 0 Å². The molecule has 0 aliphatic carbocycles. The normalized spacial score (nSPS) is 14.2. The number of rotatable bonds is 7. The van der Waals surface area contributed by atoms with Crippen LogP contribution in [0.1, 0.15) is 16.8 Å². The molecule has 0 spiro atoms. The lowest BCUT2D eigenvalue weighted by Crippen LogP contribution is -2.50. The van der Waals surface area contributed by atoms with Gasteiger partial charge in [0, 0.05) is 54.9 Å². The molecule has 0 saturated carbocycles. The molecule has 31 heavy (non-hydrogen) atoms. The minimum absolute atomic E-state index is 0.0217. The van der Waals surface area contributed by atoms with Crippen molar-refractivity contribution >= 4 is 39.3 Å². The highest BCUT2D eigenvalue weighted by atomic mass is 79.9. The van der Waals surface area contributed by atoms with Crippen molar-refractivity contribution in [3.63, 3.8) is 0 Å². The largest absolute Gasteiger partial charge is 0.352 e. The predicted octanol–water partition coefficient (Wildman–Crippen LogP) is 2.49. The zero-order valence-corrected chi connectivity index (χ0v) is 18.5. The number of amides is 3. The van der Waals surface area contributed by atoms with E-state index in [4.69, 9.17) is 0 Å². The molecule has 3 amide bonds. The molecular weight excluding hydrogens is 467 g/mol. The van der Waals surface area contributed by atoms with Crippen molar-refractivity contribution in [1.29, 1.82) is 0 Å². The Morgan fingerprint density at radius 1 is 0.935 bits per heavy atom. The Bertz CT molecular complexity index is 913. The summed E-state index contributed by atoms with van der Waals surface area (Å²) in [6.07, 6.45) is 0.229. The van der Waals surface area contributed by atoms with Crippen molar-refractivity contribution in [2.24, 2.45) is 0 Å². The maximum atomic E-state index is 12.9. The monoisotopic (exact) mass is 490 g/mol. The molecule has 1 fully saturated rings. The number of benzene rings is 2. The van der Waals surface area contributed by atoms with Crippen LogP contribution in [0, 0.1) is 5.82 Å². The molecule has 1 aliphatic rings. The van der Waals surface area contributed by atoms with Crippen LogP contribution in [0.3, 0.4) is 0 Å². The Hall–Kier alpha value is -2.78. The molecule has 7 nitrogen and oxygen atoms in total. The van der Waals surface area contributed by atoms with E-state index in [1.165, 1.54) is 24.3 Å². The molecule has 1 heterocycles. The summed E-state index contributed by atoms with van der Waals surface area (Å²) >= 11 is 3.32. The highest BCUT2D eigenvalue weighted by molar-refractivity contribution is 9.10. The van der Waals surface area contributed by atoms with E-state index in [0.717, 1.165) is 4.47 Å². The van der Waals surface area contributed by atoms with Crippen LogP contribution in [0.5, 0.6) is 0 Å². The number of hydrogen-bond donors (Lipinski definition) is 2. The third-order valence-corrected chi connectivity index (χ3v) is 5.48. The first-order valence-corrected chi connectivity index (χ1v) is 10.8. The van der Waals surface area contributed by atoms with Gasteiger partial charge in [0.05, 0.1) is 6.54 Å². The minimum atomic E-state index is -0.355. The van der Waals surface area contributed by atoms with E-state index in [9.17, 15) is 18.8 Å². The van der Waals surface area contributed by atoms with Gasteiger partial charge >= 0.3 is 0 Å². The average Bonchev–Trinajstić information content (AvgIpc) is 2.76. The lowest BCUT2D eigenvalue weighted by molar-refractivity contribution is -0.132. The fraction of sp³-hybridized carbons (Fsp3) is 0.318. The van der Waals surface area contributed by atoms with Gasteiger partial charge in [-0.05, 0) is 48.5 Å². The quantitative estimate of drug-likeness (QED) is 0.624. The lowest BCUT2D eigenvalue weighted by atomic mass is 10.2. The molecule has 9 heteroatoms. The fourth-order valence-electron chi connectivity index (χ4n) is 3.24. The summed E-state index contributed by atoms with van der Waals surface area (Å²) in [4.78, 5) is 40.4. The summed E-state index contributed by atoms with van der Waals surface area (Å²) in [5.74, 6) is -0.766. The molecular formula is C22H24BrFN4O3. The van der Waals surface area contributed by atoms with E-state index < -0.39 is 0 Å². The number of carbonyl (C=O) groups is 3. The van der Waals surface area contributed by atoms with Crippen LogP contribution in [-0.2, 0) is 9.59 Å². The molecule has 164 valence electrons. The van der Waals surface area contributed by atoms with E-state index in [1.54, 1.807) is 29.2 Å². The maximum Gasteiger partial charge on any atom is 0.251 e. The second-order valence-electron chi connectivity index (χ2n) is 7.22. The molecule has 2 aromatic carbocycles. The first-order chi connectivity index (χ1) is 14.9. The first-order valence-electron chi connectivity index (χ1n) is 10.00. The van der Waals surface area contributed by atoms with Crippen molar-refractivity contribution in [3.8, 4) is 0 Å². The average molecular weight is 491 g/mol. The molecule has 0 bridgehead atoms. The van der Waals surface area contributed by atoms with Gasteiger partial charge in [0.1, 0.15) is 5.82 Å². The molecule has 0 atom stereocenters. The van der Waals surface area contributed by atoms with Crippen molar-refractivity contribution < 1.29 is 18.8 Å². The van der Waals surface area contributed by atoms with Gasteiger partial charge < -0.3 is 15.5 Å².